The average Bonchev–Trinajstić information content (AvgIpc) is 2.08. The van der Waals surface area contributed by atoms with Gasteiger partial charge in [-0.05, 0) is 24.6 Å². The van der Waals surface area contributed by atoms with E-state index in [1.807, 2.05) is 19.1 Å². The van der Waals surface area contributed by atoms with Crippen molar-refractivity contribution in [1.82, 2.24) is 0 Å². The van der Waals surface area contributed by atoms with Crippen LogP contribution >= 0.6 is 19.0 Å². The zero-order valence-electron chi connectivity index (χ0n) is 8.37. The van der Waals surface area contributed by atoms with Crippen LogP contribution in [0, 0.1) is 0 Å². The molecular weight excluding hydrogens is 219 g/mol. The number of hydrogen-bond acceptors (Lipinski definition) is 2. The minimum Gasteiger partial charge on any atom is -0.329 e. The van der Waals surface area contributed by atoms with E-state index in [1.54, 1.807) is 18.8 Å². The van der Waals surface area contributed by atoms with Gasteiger partial charge in [-0.3, -0.25) is 4.57 Å². The van der Waals surface area contributed by atoms with Crippen molar-refractivity contribution >= 4 is 19.0 Å². The maximum Gasteiger partial charge on any atom is 0.204 e. The predicted molar refractivity (Wildman–Crippen MR) is 60.3 cm³/mol. The van der Waals surface area contributed by atoms with Crippen LogP contribution in [-0.4, -0.2) is 13.3 Å². The van der Waals surface area contributed by atoms with Gasteiger partial charge in [0.15, 0.2) is 0 Å². The first-order valence-electron chi connectivity index (χ1n) is 4.49. The van der Waals surface area contributed by atoms with E-state index in [9.17, 15) is 4.57 Å². The van der Waals surface area contributed by atoms with E-state index in [0.29, 0.717) is 17.8 Å². The van der Waals surface area contributed by atoms with Gasteiger partial charge < -0.3 is 4.52 Å². The highest BCUT2D eigenvalue weighted by Gasteiger charge is 2.15. The molecule has 78 valence electrons. The lowest BCUT2D eigenvalue weighted by Crippen LogP contribution is -1.92. The standard InChI is InChI=1S/C10H14ClO2P/c1-3-13-14(2,12)8-9-4-6-10(11)7-5-9/h4-7H,3,8H2,1-2H3. The number of benzene rings is 1. The summed E-state index contributed by atoms with van der Waals surface area (Å²) < 4.78 is 17.0. The number of rotatable bonds is 4. The Morgan fingerprint density at radius 3 is 2.43 bits per heavy atom. The summed E-state index contributed by atoms with van der Waals surface area (Å²) in [5, 5.41) is 0.691. The molecule has 0 saturated heterocycles. The van der Waals surface area contributed by atoms with E-state index in [2.05, 4.69) is 0 Å². The molecule has 0 radical (unpaired) electrons. The highest BCUT2D eigenvalue weighted by atomic mass is 35.5. The summed E-state index contributed by atoms with van der Waals surface area (Å²) in [7, 11) is -2.47. The summed E-state index contributed by atoms with van der Waals surface area (Å²) in [5.41, 5.74) is 0.994. The van der Waals surface area contributed by atoms with Crippen LogP contribution in [0.2, 0.25) is 5.02 Å². The zero-order chi connectivity index (χ0) is 10.6. The molecule has 1 atom stereocenters. The molecule has 0 saturated carbocycles. The van der Waals surface area contributed by atoms with Crippen LogP contribution in [0.4, 0.5) is 0 Å². The molecule has 1 aromatic rings. The Balaban J connectivity index is 2.69. The van der Waals surface area contributed by atoms with Crippen LogP contribution < -0.4 is 0 Å². The quantitative estimate of drug-likeness (QED) is 0.739. The van der Waals surface area contributed by atoms with Gasteiger partial charge in [-0.1, -0.05) is 23.7 Å². The summed E-state index contributed by atoms with van der Waals surface area (Å²) in [4.78, 5) is 0. The van der Waals surface area contributed by atoms with Gasteiger partial charge in [0.05, 0.1) is 6.61 Å². The second-order valence-electron chi connectivity index (χ2n) is 3.22. The Labute approximate surface area is 89.7 Å². The van der Waals surface area contributed by atoms with Crippen molar-refractivity contribution in [3.8, 4) is 0 Å². The topological polar surface area (TPSA) is 26.3 Å². The third-order valence-corrected chi connectivity index (χ3v) is 3.78. The monoisotopic (exact) mass is 232 g/mol. The van der Waals surface area contributed by atoms with E-state index in [1.165, 1.54) is 0 Å². The third kappa shape index (κ3) is 3.83. The highest BCUT2D eigenvalue weighted by molar-refractivity contribution is 7.57. The lowest BCUT2D eigenvalue weighted by molar-refractivity contribution is 0.336. The Bertz CT molecular complexity index is 334. The minimum atomic E-state index is -2.47. The summed E-state index contributed by atoms with van der Waals surface area (Å²) >= 11 is 5.74. The molecule has 0 fully saturated rings. The number of halogens is 1. The molecule has 0 N–H and O–H groups in total. The first-order valence-corrected chi connectivity index (χ1v) is 7.12. The highest BCUT2D eigenvalue weighted by Crippen LogP contribution is 2.45. The van der Waals surface area contributed by atoms with Gasteiger partial charge in [0.2, 0.25) is 7.37 Å². The summed E-state index contributed by atoms with van der Waals surface area (Å²) in [6, 6.07) is 7.33. The summed E-state index contributed by atoms with van der Waals surface area (Å²) in [6.07, 6.45) is 0.470. The molecule has 0 amide bonds. The SMILES string of the molecule is CCOP(C)(=O)Cc1ccc(Cl)cc1. The van der Waals surface area contributed by atoms with Crippen molar-refractivity contribution in [3.63, 3.8) is 0 Å². The average molecular weight is 233 g/mol. The molecule has 2 nitrogen and oxygen atoms in total. The lowest BCUT2D eigenvalue weighted by atomic mass is 10.2. The van der Waals surface area contributed by atoms with Crippen molar-refractivity contribution < 1.29 is 9.09 Å². The van der Waals surface area contributed by atoms with Gasteiger partial charge in [-0.25, -0.2) is 0 Å². The van der Waals surface area contributed by atoms with E-state index in [0.717, 1.165) is 5.56 Å². The van der Waals surface area contributed by atoms with Crippen LogP contribution in [0.5, 0.6) is 0 Å². The van der Waals surface area contributed by atoms with Crippen molar-refractivity contribution in [2.75, 3.05) is 13.3 Å². The van der Waals surface area contributed by atoms with E-state index in [-0.39, 0.29) is 0 Å². The Kier molecular flexibility index (Phi) is 4.18. The maximum atomic E-state index is 11.8. The molecule has 0 spiro atoms. The molecule has 0 bridgehead atoms. The third-order valence-electron chi connectivity index (χ3n) is 1.79. The van der Waals surface area contributed by atoms with Crippen LogP contribution in [0.15, 0.2) is 24.3 Å². The molecule has 4 heteroatoms. The fourth-order valence-corrected chi connectivity index (χ4v) is 2.88. The van der Waals surface area contributed by atoms with E-state index in [4.69, 9.17) is 16.1 Å². The fourth-order valence-electron chi connectivity index (χ4n) is 1.24. The van der Waals surface area contributed by atoms with E-state index < -0.39 is 7.37 Å². The van der Waals surface area contributed by atoms with Crippen molar-refractivity contribution in [3.05, 3.63) is 34.9 Å². The van der Waals surface area contributed by atoms with Gasteiger partial charge >= 0.3 is 0 Å². The molecule has 1 aromatic carbocycles. The molecule has 1 unspecified atom stereocenters. The van der Waals surface area contributed by atoms with Crippen molar-refractivity contribution in [1.29, 1.82) is 0 Å². The molecule has 0 aliphatic rings. The molecule has 0 aliphatic carbocycles. The van der Waals surface area contributed by atoms with Gasteiger partial charge in [-0.2, -0.15) is 0 Å². The van der Waals surface area contributed by atoms with Crippen molar-refractivity contribution in [2.24, 2.45) is 0 Å². The Morgan fingerprint density at radius 1 is 1.36 bits per heavy atom. The molecule has 14 heavy (non-hydrogen) atoms. The Hall–Kier alpha value is -0.300. The van der Waals surface area contributed by atoms with Gasteiger partial charge in [0.25, 0.3) is 0 Å². The minimum absolute atomic E-state index is 0.470. The Morgan fingerprint density at radius 2 is 1.93 bits per heavy atom. The van der Waals surface area contributed by atoms with Crippen molar-refractivity contribution in [2.45, 2.75) is 13.1 Å². The van der Waals surface area contributed by atoms with Crippen LogP contribution in [-0.2, 0) is 15.3 Å². The predicted octanol–water partition coefficient (Wildman–Crippen LogP) is 3.78. The largest absolute Gasteiger partial charge is 0.329 e. The fraction of sp³-hybridized carbons (Fsp3) is 0.400. The second-order valence-corrected chi connectivity index (χ2v) is 6.26. The molecule has 0 aliphatic heterocycles. The maximum absolute atomic E-state index is 11.8. The van der Waals surface area contributed by atoms with Gasteiger partial charge in [-0.15, -0.1) is 0 Å². The van der Waals surface area contributed by atoms with Crippen LogP contribution in [0.3, 0.4) is 0 Å². The van der Waals surface area contributed by atoms with Crippen LogP contribution in [0.1, 0.15) is 12.5 Å². The normalized spacial score (nSPS) is 15.1. The number of hydrogen-bond donors (Lipinski definition) is 0. The van der Waals surface area contributed by atoms with Gasteiger partial charge in [0.1, 0.15) is 0 Å². The van der Waals surface area contributed by atoms with Gasteiger partial charge in [0, 0.05) is 17.8 Å². The smallest absolute Gasteiger partial charge is 0.204 e. The lowest BCUT2D eigenvalue weighted by Gasteiger charge is -2.12. The summed E-state index contributed by atoms with van der Waals surface area (Å²) in [5.74, 6) is 0. The molecule has 1 rings (SSSR count). The van der Waals surface area contributed by atoms with Crippen LogP contribution in [0.25, 0.3) is 0 Å². The molecular formula is C10H14ClO2P. The zero-order valence-corrected chi connectivity index (χ0v) is 10.0. The first kappa shape index (κ1) is 11.8. The summed E-state index contributed by atoms with van der Waals surface area (Å²) in [6.45, 7) is 3.99. The molecule has 0 aromatic heterocycles. The second kappa shape index (κ2) is 4.97. The van der Waals surface area contributed by atoms with E-state index >= 15 is 0 Å². The molecule has 0 heterocycles. The first-order chi connectivity index (χ1) is 6.53.